The zero-order valence-electron chi connectivity index (χ0n) is 11.8. The Hall–Kier alpha value is -1.67. The number of thiazole rings is 1. The van der Waals surface area contributed by atoms with Crippen LogP contribution < -0.4 is 0 Å². The van der Waals surface area contributed by atoms with Gasteiger partial charge in [0.25, 0.3) is 6.20 Å². The lowest BCUT2D eigenvalue weighted by Gasteiger charge is -2.22. The summed E-state index contributed by atoms with van der Waals surface area (Å²) in [7, 11) is 3.63. The van der Waals surface area contributed by atoms with Crippen LogP contribution in [0.2, 0.25) is 4.47 Å². The van der Waals surface area contributed by atoms with Gasteiger partial charge in [-0.25, -0.2) is 9.98 Å². The van der Waals surface area contributed by atoms with Gasteiger partial charge in [-0.1, -0.05) is 11.6 Å². The molecule has 9 heteroatoms. The molecule has 1 aliphatic carbocycles. The Balaban J connectivity index is 2.21. The average molecular weight is 330 g/mol. The largest absolute Gasteiger partial charge is 0.369 e. The van der Waals surface area contributed by atoms with Crippen molar-refractivity contribution in [1.29, 1.82) is 0 Å². The van der Waals surface area contributed by atoms with Crippen LogP contribution in [0.25, 0.3) is 0 Å². The van der Waals surface area contributed by atoms with Crippen LogP contribution in [-0.4, -0.2) is 46.2 Å². The van der Waals surface area contributed by atoms with Gasteiger partial charge in [-0.05, 0) is 12.8 Å². The lowest BCUT2D eigenvalue weighted by Crippen LogP contribution is -2.25. The van der Waals surface area contributed by atoms with Gasteiger partial charge in [-0.3, -0.25) is 10.1 Å². The van der Waals surface area contributed by atoms with Gasteiger partial charge in [-0.15, -0.1) is 11.3 Å². The maximum atomic E-state index is 10.8. The van der Waals surface area contributed by atoms with Crippen molar-refractivity contribution in [3.8, 4) is 0 Å². The van der Waals surface area contributed by atoms with Gasteiger partial charge in [-0.2, -0.15) is 0 Å². The molecule has 7 nitrogen and oxygen atoms in total. The van der Waals surface area contributed by atoms with E-state index in [1.165, 1.54) is 11.3 Å². The predicted molar refractivity (Wildman–Crippen MR) is 82.9 cm³/mol. The van der Waals surface area contributed by atoms with Gasteiger partial charge < -0.3 is 9.80 Å². The molecular weight excluding hydrogens is 314 g/mol. The fourth-order valence-corrected chi connectivity index (χ4v) is 2.74. The Morgan fingerprint density at radius 3 is 2.86 bits per heavy atom. The molecule has 0 atom stereocenters. The first-order valence-corrected chi connectivity index (χ1v) is 7.58. The van der Waals surface area contributed by atoms with Crippen LogP contribution in [0.4, 0.5) is 0 Å². The van der Waals surface area contributed by atoms with Crippen molar-refractivity contribution in [2.75, 3.05) is 14.1 Å². The van der Waals surface area contributed by atoms with Gasteiger partial charge in [0.1, 0.15) is 0 Å². The molecule has 0 aliphatic heterocycles. The summed E-state index contributed by atoms with van der Waals surface area (Å²) in [5.41, 5.74) is 0. The van der Waals surface area contributed by atoms with Crippen molar-refractivity contribution < 1.29 is 4.92 Å². The van der Waals surface area contributed by atoms with Gasteiger partial charge >= 0.3 is 0 Å². The first-order chi connectivity index (χ1) is 9.95. The Kier molecular flexibility index (Phi) is 5.13. The van der Waals surface area contributed by atoms with Crippen LogP contribution >= 0.6 is 22.9 Å². The molecule has 1 heterocycles. The van der Waals surface area contributed by atoms with E-state index in [0.29, 0.717) is 16.8 Å². The van der Waals surface area contributed by atoms with E-state index < -0.39 is 4.92 Å². The molecule has 0 bridgehead atoms. The predicted octanol–water partition coefficient (Wildman–Crippen LogP) is 2.43. The van der Waals surface area contributed by atoms with Crippen LogP contribution in [-0.2, 0) is 6.54 Å². The molecule has 1 aliphatic rings. The highest BCUT2D eigenvalue weighted by atomic mass is 35.5. The fourth-order valence-electron chi connectivity index (χ4n) is 1.76. The molecule has 0 spiro atoms. The minimum absolute atomic E-state index is 0.288. The zero-order chi connectivity index (χ0) is 15.4. The Morgan fingerprint density at radius 1 is 1.67 bits per heavy atom. The third-order valence-corrected chi connectivity index (χ3v) is 3.87. The Morgan fingerprint density at radius 2 is 2.38 bits per heavy atom. The van der Waals surface area contributed by atoms with E-state index in [1.807, 2.05) is 19.0 Å². The van der Waals surface area contributed by atoms with E-state index in [0.717, 1.165) is 23.9 Å². The van der Waals surface area contributed by atoms with Crippen molar-refractivity contribution in [3.63, 3.8) is 0 Å². The summed E-state index contributed by atoms with van der Waals surface area (Å²) in [5.74, 6) is 0.348. The van der Waals surface area contributed by atoms with Crippen molar-refractivity contribution in [2.45, 2.75) is 25.4 Å². The van der Waals surface area contributed by atoms with E-state index in [-0.39, 0.29) is 6.04 Å². The highest BCUT2D eigenvalue weighted by Crippen LogP contribution is 2.33. The van der Waals surface area contributed by atoms with Crippen LogP contribution in [0.5, 0.6) is 0 Å². The standard InChI is InChI=1S/C12H16ClN5O2S/c1-16(2)8-15-11(7-18(19)20)17(9-3-4-9)6-10-5-14-12(13)21-10/h5,7-9H,3-4,6H2,1-2H3/b11-7+,15-8?. The molecule has 0 amide bonds. The Bertz CT molecular complexity index is 568. The number of halogens is 1. The maximum Gasteiger partial charge on any atom is 0.276 e. The van der Waals surface area contributed by atoms with E-state index in [4.69, 9.17) is 11.6 Å². The molecule has 0 N–H and O–H groups in total. The van der Waals surface area contributed by atoms with Crippen LogP contribution in [0.15, 0.2) is 23.2 Å². The highest BCUT2D eigenvalue weighted by Gasteiger charge is 2.32. The second-order valence-corrected chi connectivity index (χ2v) is 6.62. The molecule has 1 saturated carbocycles. The topological polar surface area (TPSA) is 74.9 Å². The molecule has 21 heavy (non-hydrogen) atoms. The summed E-state index contributed by atoms with van der Waals surface area (Å²) in [4.78, 5) is 23.2. The lowest BCUT2D eigenvalue weighted by molar-refractivity contribution is -0.404. The third-order valence-electron chi connectivity index (χ3n) is 2.78. The van der Waals surface area contributed by atoms with E-state index >= 15 is 0 Å². The second kappa shape index (κ2) is 6.86. The molecule has 114 valence electrons. The first kappa shape index (κ1) is 15.7. The van der Waals surface area contributed by atoms with Crippen molar-refractivity contribution in [1.82, 2.24) is 14.8 Å². The molecule has 1 fully saturated rings. The minimum Gasteiger partial charge on any atom is -0.369 e. The highest BCUT2D eigenvalue weighted by molar-refractivity contribution is 7.15. The smallest absolute Gasteiger partial charge is 0.276 e. The molecule has 0 saturated heterocycles. The first-order valence-electron chi connectivity index (χ1n) is 6.38. The van der Waals surface area contributed by atoms with Crippen molar-refractivity contribution in [3.05, 3.63) is 37.7 Å². The minimum atomic E-state index is -0.475. The number of hydrogen-bond acceptors (Lipinski definition) is 6. The van der Waals surface area contributed by atoms with Gasteiger partial charge in [0.15, 0.2) is 4.47 Å². The van der Waals surface area contributed by atoms with E-state index in [1.54, 1.807) is 17.4 Å². The fraction of sp³-hybridized carbons (Fsp3) is 0.500. The molecule has 0 aromatic carbocycles. The van der Waals surface area contributed by atoms with Crippen molar-refractivity contribution >= 4 is 29.3 Å². The summed E-state index contributed by atoms with van der Waals surface area (Å²) in [6, 6.07) is 0.288. The van der Waals surface area contributed by atoms with E-state index in [9.17, 15) is 10.1 Å². The number of aliphatic imine (C=N–C) groups is 1. The normalized spacial score (nSPS) is 15.5. The van der Waals surface area contributed by atoms with E-state index in [2.05, 4.69) is 9.98 Å². The molecule has 0 unspecified atom stereocenters. The summed E-state index contributed by atoms with van der Waals surface area (Å²) in [6.45, 7) is 0.527. The monoisotopic (exact) mass is 329 g/mol. The number of aromatic nitrogens is 1. The number of rotatable bonds is 7. The van der Waals surface area contributed by atoms with Crippen LogP contribution in [0.1, 0.15) is 17.7 Å². The molecule has 1 aromatic rings. The van der Waals surface area contributed by atoms with Crippen LogP contribution in [0.3, 0.4) is 0 Å². The quantitative estimate of drug-likeness (QED) is 0.332. The molecule has 0 radical (unpaired) electrons. The van der Waals surface area contributed by atoms with Gasteiger partial charge in [0.2, 0.25) is 5.82 Å². The maximum absolute atomic E-state index is 10.8. The van der Waals surface area contributed by atoms with Gasteiger partial charge in [0, 0.05) is 31.2 Å². The average Bonchev–Trinajstić information content (AvgIpc) is 3.15. The molecule has 1 aromatic heterocycles. The SMILES string of the molecule is CN(C)C=N/C(=C\[N+](=O)[O-])N(Cc1cnc(Cl)s1)C1CC1. The van der Waals surface area contributed by atoms with Crippen molar-refractivity contribution in [2.24, 2.45) is 4.99 Å². The third kappa shape index (κ3) is 4.98. The number of nitrogens with zero attached hydrogens (tertiary/aromatic N) is 5. The summed E-state index contributed by atoms with van der Waals surface area (Å²) < 4.78 is 0.470. The summed E-state index contributed by atoms with van der Waals surface area (Å²) in [5, 5.41) is 10.8. The number of hydrogen-bond donors (Lipinski definition) is 0. The Labute approximate surface area is 131 Å². The molecular formula is C12H16ClN5O2S. The second-order valence-electron chi connectivity index (χ2n) is 4.92. The zero-order valence-corrected chi connectivity index (χ0v) is 13.3. The molecule has 2 rings (SSSR count). The summed E-state index contributed by atoms with van der Waals surface area (Å²) >= 11 is 7.21. The lowest BCUT2D eigenvalue weighted by atomic mass is 10.4. The van der Waals surface area contributed by atoms with Gasteiger partial charge in [0.05, 0.1) is 17.8 Å². The number of nitro groups is 1. The summed E-state index contributed by atoms with van der Waals surface area (Å²) in [6.07, 6.45) is 6.23. The van der Waals surface area contributed by atoms with Crippen LogP contribution in [0, 0.1) is 10.1 Å².